The Morgan fingerprint density at radius 3 is 2.61 bits per heavy atom. The van der Waals surface area contributed by atoms with Gasteiger partial charge in [0.2, 0.25) is 0 Å². The van der Waals surface area contributed by atoms with E-state index >= 15 is 0 Å². The van der Waals surface area contributed by atoms with Gasteiger partial charge in [0.1, 0.15) is 5.76 Å². The summed E-state index contributed by atoms with van der Waals surface area (Å²) in [5.74, 6) is 1.05. The molecule has 1 aromatic rings. The lowest BCUT2D eigenvalue weighted by Gasteiger charge is -2.37. The third-order valence-electron chi connectivity index (χ3n) is 3.72. The molecule has 0 fully saturated rings. The van der Waals surface area contributed by atoms with E-state index in [0.717, 1.165) is 31.9 Å². The van der Waals surface area contributed by atoms with E-state index in [1.165, 1.54) is 0 Å². The molecule has 0 bridgehead atoms. The molecule has 1 rings (SSSR count). The predicted octanol–water partition coefficient (Wildman–Crippen LogP) is 3.13. The summed E-state index contributed by atoms with van der Waals surface area (Å²) >= 11 is 0. The Hall–Kier alpha value is -0.800. The average Bonchev–Trinajstić information content (AvgIpc) is 2.81. The third-order valence-corrected chi connectivity index (χ3v) is 3.72. The first-order valence-electron chi connectivity index (χ1n) is 6.97. The fourth-order valence-electron chi connectivity index (χ4n) is 2.20. The number of hydrogen-bond acceptors (Lipinski definition) is 3. The van der Waals surface area contributed by atoms with Crippen LogP contribution in [0.2, 0.25) is 0 Å². The molecule has 0 aliphatic carbocycles. The molecule has 0 saturated carbocycles. The van der Waals surface area contributed by atoms with Crippen molar-refractivity contribution in [1.82, 2.24) is 10.2 Å². The summed E-state index contributed by atoms with van der Waals surface area (Å²) in [6.07, 6.45) is 1.75. The van der Waals surface area contributed by atoms with Crippen molar-refractivity contribution in [3.05, 3.63) is 24.2 Å². The van der Waals surface area contributed by atoms with Crippen LogP contribution in [-0.4, -0.2) is 30.6 Å². The van der Waals surface area contributed by atoms with Crippen LogP contribution in [0.25, 0.3) is 0 Å². The second-order valence-electron chi connectivity index (χ2n) is 5.65. The van der Waals surface area contributed by atoms with Crippen LogP contribution in [0.15, 0.2) is 22.8 Å². The zero-order valence-electron chi connectivity index (χ0n) is 12.5. The summed E-state index contributed by atoms with van der Waals surface area (Å²) < 4.78 is 5.43. The van der Waals surface area contributed by atoms with Crippen LogP contribution in [0.1, 0.15) is 40.4 Å². The van der Waals surface area contributed by atoms with Crippen molar-refractivity contribution in [2.24, 2.45) is 5.41 Å². The Labute approximate surface area is 112 Å². The molecule has 0 amide bonds. The van der Waals surface area contributed by atoms with Gasteiger partial charge in [-0.15, -0.1) is 0 Å². The third kappa shape index (κ3) is 4.46. The lowest BCUT2D eigenvalue weighted by Crippen LogP contribution is -2.46. The van der Waals surface area contributed by atoms with E-state index in [4.69, 9.17) is 4.42 Å². The molecule has 1 aromatic heterocycles. The minimum Gasteiger partial charge on any atom is -0.468 e. The molecule has 1 atom stereocenters. The largest absolute Gasteiger partial charge is 0.468 e. The molecule has 104 valence electrons. The summed E-state index contributed by atoms with van der Waals surface area (Å²) in [5, 5.41) is 3.52. The van der Waals surface area contributed by atoms with Crippen molar-refractivity contribution in [2.45, 2.75) is 47.2 Å². The van der Waals surface area contributed by atoms with Gasteiger partial charge in [-0.05, 0) is 37.6 Å². The number of nitrogens with zero attached hydrogens (tertiary/aromatic N) is 1. The number of furan rings is 1. The first kappa shape index (κ1) is 15.3. The van der Waals surface area contributed by atoms with E-state index in [2.05, 4.69) is 44.8 Å². The molecule has 1 unspecified atom stereocenters. The van der Waals surface area contributed by atoms with Gasteiger partial charge in [0.15, 0.2) is 0 Å². The highest BCUT2D eigenvalue weighted by atomic mass is 16.3. The normalized spacial score (nSPS) is 14.1. The Morgan fingerprint density at radius 1 is 1.39 bits per heavy atom. The molecule has 0 aliphatic heterocycles. The standard InChI is InChI=1S/C15H28N2O/c1-6-16-13(3)15(4,5)12-17(7-2)11-14-9-8-10-18-14/h8-10,13,16H,6-7,11-12H2,1-5H3. The van der Waals surface area contributed by atoms with Crippen molar-refractivity contribution in [3.8, 4) is 0 Å². The molecular formula is C15H28N2O. The molecule has 18 heavy (non-hydrogen) atoms. The van der Waals surface area contributed by atoms with Crippen molar-refractivity contribution in [3.63, 3.8) is 0 Å². The zero-order chi connectivity index (χ0) is 13.6. The molecule has 1 heterocycles. The maximum atomic E-state index is 5.43. The lowest BCUT2D eigenvalue weighted by atomic mass is 9.84. The molecule has 3 nitrogen and oxygen atoms in total. The Morgan fingerprint density at radius 2 is 2.11 bits per heavy atom. The Bertz CT molecular complexity index is 319. The van der Waals surface area contributed by atoms with E-state index in [1.807, 2.05) is 12.1 Å². The molecule has 0 aromatic carbocycles. The molecule has 0 spiro atoms. The van der Waals surface area contributed by atoms with E-state index in [1.54, 1.807) is 6.26 Å². The second kappa shape index (κ2) is 6.95. The molecule has 1 N–H and O–H groups in total. The molecular weight excluding hydrogens is 224 g/mol. The van der Waals surface area contributed by atoms with Crippen LogP contribution in [-0.2, 0) is 6.54 Å². The van der Waals surface area contributed by atoms with Crippen LogP contribution in [0.4, 0.5) is 0 Å². The molecule has 3 heteroatoms. The Kier molecular flexibility index (Phi) is 5.89. The fraction of sp³-hybridized carbons (Fsp3) is 0.733. The van der Waals surface area contributed by atoms with Crippen molar-refractivity contribution in [2.75, 3.05) is 19.6 Å². The predicted molar refractivity (Wildman–Crippen MR) is 76.6 cm³/mol. The van der Waals surface area contributed by atoms with E-state index in [0.29, 0.717) is 6.04 Å². The van der Waals surface area contributed by atoms with Crippen LogP contribution in [0, 0.1) is 5.41 Å². The quantitative estimate of drug-likeness (QED) is 0.770. The number of nitrogens with one attached hydrogen (secondary N) is 1. The lowest BCUT2D eigenvalue weighted by molar-refractivity contribution is 0.136. The monoisotopic (exact) mass is 252 g/mol. The van der Waals surface area contributed by atoms with Gasteiger partial charge in [0, 0.05) is 12.6 Å². The summed E-state index contributed by atoms with van der Waals surface area (Å²) in [4.78, 5) is 2.44. The van der Waals surface area contributed by atoms with Gasteiger partial charge in [0.05, 0.1) is 12.8 Å². The van der Waals surface area contributed by atoms with Gasteiger partial charge in [-0.25, -0.2) is 0 Å². The summed E-state index contributed by atoms with van der Waals surface area (Å²) in [5.41, 5.74) is 0.249. The molecule has 0 saturated heterocycles. The van der Waals surface area contributed by atoms with Crippen LogP contribution in [0.5, 0.6) is 0 Å². The van der Waals surface area contributed by atoms with Gasteiger partial charge in [-0.2, -0.15) is 0 Å². The minimum absolute atomic E-state index is 0.249. The smallest absolute Gasteiger partial charge is 0.117 e. The second-order valence-corrected chi connectivity index (χ2v) is 5.65. The highest BCUT2D eigenvalue weighted by Gasteiger charge is 2.27. The van der Waals surface area contributed by atoms with Crippen molar-refractivity contribution < 1.29 is 4.42 Å². The topological polar surface area (TPSA) is 28.4 Å². The van der Waals surface area contributed by atoms with Crippen LogP contribution < -0.4 is 5.32 Å². The van der Waals surface area contributed by atoms with Gasteiger partial charge in [0.25, 0.3) is 0 Å². The van der Waals surface area contributed by atoms with Gasteiger partial charge in [-0.3, -0.25) is 4.90 Å². The van der Waals surface area contributed by atoms with Gasteiger partial charge < -0.3 is 9.73 Å². The highest BCUT2D eigenvalue weighted by molar-refractivity contribution is 4.98. The van der Waals surface area contributed by atoms with E-state index in [9.17, 15) is 0 Å². The van der Waals surface area contributed by atoms with Crippen molar-refractivity contribution in [1.29, 1.82) is 0 Å². The number of rotatable bonds is 8. The Balaban J connectivity index is 2.56. The maximum absolute atomic E-state index is 5.43. The molecule has 0 aliphatic rings. The van der Waals surface area contributed by atoms with E-state index < -0.39 is 0 Å². The fourth-order valence-corrected chi connectivity index (χ4v) is 2.20. The SMILES string of the molecule is CCNC(C)C(C)(C)CN(CC)Cc1ccco1. The summed E-state index contributed by atoms with van der Waals surface area (Å²) in [6, 6.07) is 4.51. The minimum atomic E-state index is 0.249. The first-order chi connectivity index (χ1) is 8.49. The highest BCUT2D eigenvalue weighted by Crippen LogP contribution is 2.23. The summed E-state index contributed by atoms with van der Waals surface area (Å²) in [7, 11) is 0. The zero-order valence-corrected chi connectivity index (χ0v) is 12.5. The van der Waals surface area contributed by atoms with Gasteiger partial charge in [-0.1, -0.05) is 27.7 Å². The molecule has 0 radical (unpaired) electrons. The van der Waals surface area contributed by atoms with Gasteiger partial charge >= 0.3 is 0 Å². The maximum Gasteiger partial charge on any atom is 0.117 e. The number of hydrogen-bond donors (Lipinski definition) is 1. The first-order valence-corrected chi connectivity index (χ1v) is 6.97. The van der Waals surface area contributed by atoms with Crippen LogP contribution in [0.3, 0.4) is 0 Å². The average molecular weight is 252 g/mol. The van der Waals surface area contributed by atoms with Crippen molar-refractivity contribution >= 4 is 0 Å². The summed E-state index contributed by atoms with van der Waals surface area (Å²) in [6.45, 7) is 15.3. The van der Waals surface area contributed by atoms with E-state index in [-0.39, 0.29) is 5.41 Å². The van der Waals surface area contributed by atoms with Crippen LogP contribution >= 0.6 is 0 Å².